The van der Waals surface area contributed by atoms with Crippen LogP contribution in [0.4, 0.5) is 5.69 Å². The normalized spacial score (nSPS) is 18.0. The molecule has 1 aromatic rings. The summed E-state index contributed by atoms with van der Waals surface area (Å²) in [4.78, 5) is 35.1. The molecule has 1 amide bonds. The molecule has 0 bridgehead atoms. The van der Waals surface area contributed by atoms with Crippen molar-refractivity contribution in [3.8, 4) is 0 Å². The highest BCUT2D eigenvalue weighted by atomic mass is 32.2. The van der Waals surface area contributed by atoms with Gasteiger partial charge in [0.05, 0.1) is 0 Å². The largest absolute Gasteiger partial charge is 0.478 e. The lowest BCUT2D eigenvalue weighted by Gasteiger charge is -2.41. The van der Waals surface area contributed by atoms with E-state index in [9.17, 15) is 14.4 Å². The Morgan fingerprint density at radius 1 is 1.07 bits per heavy atom. The van der Waals surface area contributed by atoms with Crippen LogP contribution < -0.4 is 5.32 Å². The molecule has 1 heterocycles. The lowest BCUT2D eigenvalue weighted by molar-refractivity contribution is -0.132. The summed E-state index contributed by atoms with van der Waals surface area (Å²) in [6, 6.07) is 5.61. The van der Waals surface area contributed by atoms with Crippen LogP contribution in [-0.4, -0.2) is 32.8 Å². The summed E-state index contributed by atoms with van der Waals surface area (Å²) >= 11 is 1.79. The van der Waals surface area contributed by atoms with E-state index in [0.29, 0.717) is 11.8 Å². The van der Waals surface area contributed by atoms with Gasteiger partial charge in [-0.05, 0) is 41.7 Å². The van der Waals surface area contributed by atoms with Crippen LogP contribution in [0.5, 0.6) is 0 Å². The summed E-state index contributed by atoms with van der Waals surface area (Å²) in [5.74, 6) is -3.29. The Morgan fingerprint density at radius 2 is 1.74 bits per heavy atom. The molecule has 3 N–H and O–H groups in total. The number of carbonyl (C=O) groups is 3. The molecular weight excluding hydrogens is 366 g/mol. The highest BCUT2D eigenvalue weighted by Gasteiger charge is 2.38. The van der Waals surface area contributed by atoms with Gasteiger partial charge in [0.2, 0.25) is 0 Å². The van der Waals surface area contributed by atoms with Crippen LogP contribution in [0.2, 0.25) is 0 Å². The molecule has 0 spiro atoms. The van der Waals surface area contributed by atoms with Gasteiger partial charge in [-0.2, -0.15) is 0 Å². The van der Waals surface area contributed by atoms with E-state index in [-0.39, 0.29) is 15.7 Å². The molecular formula is C20H23NO5S. The van der Waals surface area contributed by atoms with E-state index in [0.717, 1.165) is 29.0 Å². The number of nitrogens with one attached hydrogen (secondary N) is 1. The number of carboxylic acid groups (broad SMARTS) is 2. The predicted octanol–water partition coefficient (Wildman–Crippen LogP) is 3.83. The maximum Gasteiger partial charge on any atom is 0.329 e. The second-order valence-electron chi connectivity index (χ2n) is 7.70. The fourth-order valence-corrected chi connectivity index (χ4v) is 5.02. The van der Waals surface area contributed by atoms with Crippen LogP contribution in [0.1, 0.15) is 39.7 Å². The first kappa shape index (κ1) is 20.8. The molecule has 1 aromatic carbocycles. The van der Waals surface area contributed by atoms with Crippen molar-refractivity contribution in [2.75, 3.05) is 5.32 Å². The molecule has 0 aromatic heterocycles. The van der Waals surface area contributed by atoms with Gasteiger partial charge in [-0.25, -0.2) is 9.59 Å². The summed E-state index contributed by atoms with van der Waals surface area (Å²) in [6.45, 7) is 8.72. The van der Waals surface area contributed by atoms with E-state index in [1.165, 1.54) is 0 Å². The molecule has 7 heteroatoms. The van der Waals surface area contributed by atoms with Gasteiger partial charge in [-0.1, -0.05) is 27.7 Å². The van der Waals surface area contributed by atoms with Crippen molar-refractivity contribution in [3.05, 3.63) is 47.6 Å². The molecule has 6 nitrogen and oxygen atoms in total. The maximum absolute atomic E-state index is 12.4. The highest BCUT2D eigenvalue weighted by molar-refractivity contribution is 8.00. The van der Waals surface area contributed by atoms with Crippen LogP contribution in [0, 0.1) is 0 Å². The smallest absolute Gasteiger partial charge is 0.329 e. The zero-order chi connectivity index (χ0) is 20.4. The number of fused-ring (bicyclic) bond motifs is 1. The summed E-state index contributed by atoms with van der Waals surface area (Å²) in [6.07, 6.45) is 3.34. The standard InChI is InChI=1S/C20H23NO5S/c1-19(2)11-20(3,4)27-15-7-6-13(10-14(15)19)21-18(26)12(9-17(24)25)5-8-16(22)23/h5-10H,11H2,1-4H3,(H,21,26)(H,22,23)(H,24,25). The molecule has 0 unspecified atom stereocenters. The van der Waals surface area contributed by atoms with Gasteiger partial charge >= 0.3 is 11.9 Å². The third-order valence-electron chi connectivity index (χ3n) is 4.17. The van der Waals surface area contributed by atoms with Crippen LogP contribution in [0.15, 0.2) is 46.9 Å². The van der Waals surface area contributed by atoms with Gasteiger partial charge in [0, 0.05) is 33.1 Å². The number of anilines is 1. The lowest BCUT2D eigenvalue weighted by Crippen LogP contribution is -2.33. The molecule has 27 heavy (non-hydrogen) atoms. The number of carboxylic acids is 2. The summed E-state index contributed by atoms with van der Waals surface area (Å²) in [7, 11) is 0. The average molecular weight is 389 g/mol. The SMILES string of the molecule is CC1(C)CC(C)(C)c2cc(NC(=O)C(C=CC(=O)O)=CC(=O)O)ccc2S1. The van der Waals surface area contributed by atoms with Gasteiger partial charge in [-0.15, -0.1) is 11.8 Å². The molecule has 1 aliphatic heterocycles. The molecule has 0 radical (unpaired) electrons. The first-order valence-electron chi connectivity index (χ1n) is 8.40. The van der Waals surface area contributed by atoms with Crippen molar-refractivity contribution in [3.63, 3.8) is 0 Å². The van der Waals surface area contributed by atoms with Crippen LogP contribution >= 0.6 is 11.8 Å². The monoisotopic (exact) mass is 389 g/mol. The topological polar surface area (TPSA) is 104 Å². The van der Waals surface area contributed by atoms with E-state index >= 15 is 0 Å². The minimum absolute atomic E-state index is 0.0756. The summed E-state index contributed by atoms with van der Waals surface area (Å²) in [5, 5.41) is 20.3. The van der Waals surface area contributed by atoms with E-state index < -0.39 is 17.8 Å². The number of hydrogen-bond acceptors (Lipinski definition) is 4. The Hall–Kier alpha value is -2.54. The third-order valence-corrected chi connectivity index (χ3v) is 5.44. The molecule has 2 rings (SSSR count). The number of rotatable bonds is 5. The molecule has 1 aliphatic rings. The van der Waals surface area contributed by atoms with Gasteiger partial charge in [-0.3, -0.25) is 4.79 Å². The molecule has 0 fully saturated rings. The van der Waals surface area contributed by atoms with E-state index in [2.05, 4.69) is 33.0 Å². The Kier molecular flexibility index (Phi) is 5.85. The van der Waals surface area contributed by atoms with Gasteiger partial charge in [0.15, 0.2) is 0 Å². The van der Waals surface area contributed by atoms with E-state index in [1.807, 2.05) is 12.1 Å². The zero-order valence-electron chi connectivity index (χ0n) is 15.7. The molecule has 0 saturated carbocycles. The van der Waals surface area contributed by atoms with Crippen LogP contribution in [-0.2, 0) is 19.8 Å². The van der Waals surface area contributed by atoms with Crippen LogP contribution in [0.25, 0.3) is 0 Å². The van der Waals surface area contributed by atoms with Crippen molar-refractivity contribution in [1.82, 2.24) is 0 Å². The van der Waals surface area contributed by atoms with Crippen molar-refractivity contribution in [2.24, 2.45) is 0 Å². The van der Waals surface area contributed by atoms with Crippen molar-refractivity contribution in [2.45, 2.75) is 49.2 Å². The quantitative estimate of drug-likeness (QED) is 0.522. The Bertz CT molecular complexity index is 852. The summed E-state index contributed by atoms with van der Waals surface area (Å²) < 4.78 is 0.111. The first-order valence-corrected chi connectivity index (χ1v) is 9.22. The number of benzene rings is 1. The number of carbonyl (C=O) groups excluding carboxylic acids is 1. The number of thioether (sulfide) groups is 1. The van der Waals surface area contributed by atoms with E-state index in [4.69, 9.17) is 10.2 Å². The second-order valence-corrected chi connectivity index (χ2v) is 9.45. The average Bonchev–Trinajstić information content (AvgIpc) is 2.49. The molecule has 0 atom stereocenters. The highest BCUT2D eigenvalue weighted by Crippen LogP contribution is 2.51. The number of aliphatic carboxylic acids is 2. The first-order chi connectivity index (χ1) is 12.4. The van der Waals surface area contributed by atoms with Crippen molar-refractivity contribution >= 4 is 35.3 Å². The van der Waals surface area contributed by atoms with Crippen molar-refractivity contribution < 1.29 is 24.6 Å². The molecule has 0 aliphatic carbocycles. The predicted molar refractivity (Wildman–Crippen MR) is 105 cm³/mol. The zero-order valence-corrected chi connectivity index (χ0v) is 16.5. The maximum atomic E-state index is 12.4. The lowest BCUT2D eigenvalue weighted by atomic mass is 9.77. The Labute approximate surface area is 162 Å². The number of amides is 1. The van der Waals surface area contributed by atoms with Gasteiger partial charge < -0.3 is 15.5 Å². The minimum atomic E-state index is -1.33. The fraction of sp³-hybridized carbons (Fsp3) is 0.350. The van der Waals surface area contributed by atoms with Crippen molar-refractivity contribution in [1.29, 1.82) is 0 Å². The molecule has 144 valence electrons. The molecule has 0 saturated heterocycles. The third kappa shape index (κ3) is 5.47. The minimum Gasteiger partial charge on any atom is -0.478 e. The summed E-state index contributed by atoms with van der Waals surface area (Å²) in [5.41, 5.74) is 1.33. The Balaban J connectivity index is 2.31. The van der Waals surface area contributed by atoms with Gasteiger partial charge in [0.1, 0.15) is 0 Å². The number of hydrogen-bond donors (Lipinski definition) is 3. The fourth-order valence-electron chi connectivity index (χ4n) is 3.41. The van der Waals surface area contributed by atoms with Crippen LogP contribution in [0.3, 0.4) is 0 Å². The van der Waals surface area contributed by atoms with Gasteiger partial charge in [0.25, 0.3) is 5.91 Å². The van der Waals surface area contributed by atoms with E-state index in [1.54, 1.807) is 17.8 Å². The second kappa shape index (κ2) is 7.60. The Morgan fingerprint density at radius 3 is 2.33 bits per heavy atom.